The highest BCUT2D eigenvalue weighted by atomic mass is 32.1. The summed E-state index contributed by atoms with van der Waals surface area (Å²) in [6.45, 7) is 1.64. The quantitative estimate of drug-likeness (QED) is 0.925. The fraction of sp³-hybridized carbons (Fsp3) is 0.647. The van der Waals surface area contributed by atoms with Crippen LogP contribution in [0.5, 0.6) is 0 Å². The molecule has 0 bridgehead atoms. The molecule has 0 radical (unpaired) electrons. The van der Waals surface area contributed by atoms with E-state index in [-0.39, 0.29) is 6.10 Å². The van der Waals surface area contributed by atoms with Crippen LogP contribution in [0.15, 0.2) is 0 Å². The van der Waals surface area contributed by atoms with E-state index >= 15 is 0 Å². The summed E-state index contributed by atoms with van der Waals surface area (Å²) in [6, 6.07) is 0. The molecule has 22 heavy (non-hydrogen) atoms. The van der Waals surface area contributed by atoms with Gasteiger partial charge in [0.1, 0.15) is 16.5 Å². The van der Waals surface area contributed by atoms with Crippen molar-refractivity contribution in [1.82, 2.24) is 9.97 Å². The molecule has 1 aliphatic heterocycles. The van der Waals surface area contributed by atoms with Gasteiger partial charge in [0.2, 0.25) is 0 Å². The van der Waals surface area contributed by atoms with Gasteiger partial charge in [0.15, 0.2) is 0 Å². The first-order valence-corrected chi connectivity index (χ1v) is 9.36. The summed E-state index contributed by atoms with van der Waals surface area (Å²) in [4.78, 5) is 14.9. The highest BCUT2D eigenvalue weighted by Gasteiger charge is 2.32. The van der Waals surface area contributed by atoms with E-state index in [1.807, 2.05) is 11.3 Å². The highest BCUT2D eigenvalue weighted by molar-refractivity contribution is 7.19. The third kappa shape index (κ3) is 2.06. The highest BCUT2D eigenvalue weighted by Crippen LogP contribution is 2.44. The summed E-state index contributed by atoms with van der Waals surface area (Å²) in [6.07, 6.45) is 8.09. The Balaban J connectivity index is 1.71. The molecule has 0 spiro atoms. The van der Waals surface area contributed by atoms with Gasteiger partial charge in [-0.1, -0.05) is 0 Å². The summed E-state index contributed by atoms with van der Waals surface area (Å²) in [5, 5.41) is 11.2. The SMILES string of the molecule is O[C@H]1CCN(c2nc(C3CC3)nc3sc4c(c23)CCCC4)C1. The molecule has 5 rings (SSSR count). The topological polar surface area (TPSA) is 49.2 Å². The zero-order chi connectivity index (χ0) is 14.7. The molecule has 1 saturated heterocycles. The van der Waals surface area contributed by atoms with E-state index < -0.39 is 0 Å². The van der Waals surface area contributed by atoms with Crippen LogP contribution in [-0.4, -0.2) is 34.3 Å². The Morgan fingerprint density at radius 1 is 1.09 bits per heavy atom. The lowest BCUT2D eigenvalue weighted by atomic mass is 9.97. The zero-order valence-electron chi connectivity index (χ0n) is 12.7. The molecule has 2 aliphatic carbocycles. The van der Waals surface area contributed by atoms with Crippen molar-refractivity contribution in [2.45, 2.75) is 57.0 Å². The van der Waals surface area contributed by atoms with Crippen molar-refractivity contribution >= 4 is 27.4 Å². The predicted octanol–water partition coefficient (Wildman–Crippen LogP) is 3.02. The van der Waals surface area contributed by atoms with Crippen LogP contribution >= 0.6 is 11.3 Å². The van der Waals surface area contributed by atoms with Crippen molar-refractivity contribution in [2.75, 3.05) is 18.0 Å². The zero-order valence-corrected chi connectivity index (χ0v) is 13.5. The Morgan fingerprint density at radius 3 is 2.73 bits per heavy atom. The van der Waals surface area contributed by atoms with E-state index in [1.165, 1.54) is 59.2 Å². The summed E-state index contributed by atoms with van der Waals surface area (Å²) >= 11 is 1.89. The average molecular weight is 315 g/mol. The number of nitrogens with zero attached hydrogens (tertiary/aromatic N) is 3. The number of anilines is 1. The first kappa shape index (κ1) is 13.3. The number of fused-ring (bicyclic) bond motifs is 3. The van der Waals surface area contributed by atoms with Gasteiger partial charge in [-0.25, -0.2) is 9.97 Å². The van der Waals surface area contributed by atoms with Gasteiger partial charge in [-0.05, 0) is 50.5 Å². The molecule has 2 aromatic rings. The van der Waals surface area contributed by atoms with Crippen molar-refractivity contribution in [3.8, 4) is 0 Å². The lowest BCUT2D eigenvalue weighted by Crippen LogP contribution is -2.23. The molecule has 0 unspecified atom stereocenters. The van der Waals surface area contributed by atoms with E-state index in [2.05, 4.69) is 4.90 Å². The van der Waals surface area contributed by atoms with Crippen molar-refractivity contribution in [1.29, 1.82) is 0 Å². The van der Waals surface area contributed by atoms with Gasteiger partial charge < -0.3 is 10.0 Å². The number of thiophene rings is 1. The lowest BCUT2D eigenvalue weighted by Gasteiger charge is -2.20. The van der Waals surface area contributed by atoms with Gasteiger partial charge in [0, 0.05) is 23.9 Å². The van der Waals surface area contributed by atoms with E-state index in [0.29, 0.717) is 5.92 Å². The second-order valence-corrected chi connectivity index (χ2v) is 8.04. The maximum Gasteiger partial charge on any atom is 0.141 e. The normalized spacial score (nSPS) is 25.0. The number of aromatic nitrogens is 2. The Kier molecular flexibility index (Phi) is 2.95. The van der Waals surface area contributed by atoms with Gasteiger partial charge in [0.05, 0.1) is 11.5 Å². The second-order valence-electron chi connectivity index (χ2n) is 6.96. The molecular formula is C17H21N3OS. The first-order chi connectivity index (χ1) is 10.8. The van der Waals surface area contributed by atoms with Gasteiger partial charge in [-0.2, -0.15) is 0 Å². The van der Waals surface area contributed by atoms with Crippen LogP contribution in [0.2, 0.25) is 0 Å². The van der Waals surface area contributed by atoms with Crippen molar-refractivity contribution in [3.63, 3.8) is 0 Å². The Hall–Kier alpha value is -1.20. The molecule has 0 aromatic carbocycles. The summed E-state index contributed by atoms with van der Waals surface area (Å²) in [7, 11) is 0. The molecule has 1 N–H and O–H groups in total. The van der Waals surface area contributed by atoms with Crippen LogP contribution in [0, 0.1) is 0 Å². The van der Waals surface area contributed by atoms with Crippen LogP contribution in [0.25, 0.3) is 10.2 Å². The third-order valence-corrected chi connectivity index (χ3v) is 6.40. The fourth-order valence-corrected chi connectivity index (χ4v) is 5.10. The number of aliphatic hydroxyl groups is 1. The fourth-order valence-electron chi connectivity index (χ4n) is 3.84. The third-order valence-electron chi connectivity index (χ3n) is 5.22. The molecule has 3 heterocycles. The molecular weight excluding hydrogens is 294 g/mol. The minimum absolute atomic E-state index is 0.205. The Labute approximate surface area is 134 Å². The summed E-state index contributed by atoms with van der Waals surface area (Å²) in [5.41, 5.74) is 1.50. The number of hydrogen-bond acceptors (Lipinski definition) is 5. The molecule has 4 nitrogen and oxygen atoms in total. The Bertz CT molecular complexity index is 737. The standard InChI is InChI=1S/C17H21N3OS/c21-11-7-8-20(9-11)16-14-12-3-1-2-4-13(12)22-17(14)19-15(18-16)10-5-6-10/h10-11,21H,1-9H2/t11-/m0/s1. The largest absolute Gasteiger partial charge is 0.391 e. The van der Waals surface area contributed by atoms with Crippen molar-refractivity contribution in [2.24, 2.45) is 0 Å². The monoisotopic (exact) mass is 315 g/mol. The second kappa shape index (κ2) is 4.90. The van der Waals surface area contributed by atoms with Crippen LogP contribution in [-0.2, 0) is 12.8 Å². The van der Waals surface area contributed by atoms with Crippen molar-refractivity contribution in [3.05, 3.63) is 16.3 Å². The lowest BCUT2D eigenvalue weighted by molar-refractivity contribution is 0.198. The minimum Gasteiger partial charge on any atom is -0.391 e. The maximum absolute atomic E-state index is 9.93. The van der Waals surface area contributed by atoms with E-state index in [1.54, 1.807) is 0 Å². The molecule has 116 valence electrons. The predicted molar refractivity (Wildman–Crippen MR) is 88.9 cm³/mol. The minimum atomic E-state index is -0.205. The molecule has 2 aromatic heterocycles. The van der Waals surface area contributed by atoms with E-state index in [9.17, 15) is 5.11 Å². The molecule has 3 aliphatic rings. The van der Waals surface area contributed by atoms with Crippen LogP contribution in [0.4, 0.5) is 5.82 Å². The number of hydrogen-bond donors (Lipinski definition) is 1. The average Bonchev–Trinajstić information content (AvgIpc) is 3.19. The molecule has 1 saturated carbocycles. The summed E-state index contributed by atoms with van der Waals surface area (Å²) in [5.74, 6) is 2.74. The van der Waals surface area contributed by atoms with Gasteiger partial charge in [-0.3, -0.25) is 0 Å². The Morgan fingerprint density at radius 2 is 1.95 bits per heavy atom. The van der Waals surface area contributed by atoms with E-state index in [4.69, 9.17) is 9.97 Å². The first-order valence-electron chi connectivity index (χ1n) is 8.55. The summed E-state index contributed by atoms with van der Waals surface area (Å²) < 4.78 is 0. The van der Waals surface area contributed by atoms with Crippen LogP contribution in [0.1, 0.15) is 54.3 Å². The van der Waals surface area contributed by atoms with Gasteiger partial charge >= 0.3 is 0 Å². The molecule has 0 amide bonds. The van der Waals surface area contributed by atoms with Gasteiger partial charge in [-0.15, -0.1) is 11.3 Å². The number of aliphatic hydroxyl groups excluding tert-OH is 1. The van der Waals surface area contributed by atoms with Gasteiger partial charge in [0.25, 0.3) is 0 Å². The maximum atomic E-state index is 9.93. The van der Waals surface area contributed by atoms with E-state index in [0.717, 1.165) is 31.2 Å². The number of rotatable bonds is 2. The number of β-amino-alcohol motifs (C(OH)–C–C–N with tert-alkyl or cyclic N) is 1. The molecule has 2 fully saturated rings. The van der Waals surface area contributed by atoms with Crippen LogP contribution < -0.4 is 4.90 Å². The molecule has 1 atom stereocenters. The number of aryl methyl sites for hydroxylation is 2. The van der Waals surface area contributed by atoms with Crippen molar-refractivity contribution < 1.29 is 5.11 Å². The van der Waals surface area contributed by atoms with Crippen LogP contribution in [0.3, 0.4) is 0 Å². The molecule has 5 heteroatoms. The smallest absolute Gasteiger partial charge is 0.141 e.